The monoisotopic (exact) mass is 424 g/mol. The number of methoxy groups -OCH3 is 1. The zero-order valence-electron chi connectivity index (χ0n) is 16.7. The van der Waals surface area contributed by atoms with Gasteiger partial charge in [0.1, 0.15) is 0 Å². The Morgan fingerprint density at radius 1 is 1.00 bits per heavy atom. The fourth-order valence-corrected chi connectivity index (χ4v) is 4.85. The molecule has 4 rings (SSSR count). The molecule has 4 N–H and O–H groups in total. The predicted molar refractivity (Wildman–Crippen MR) is 116 cm³/mol. The van der Waals surface area contributed by atoms with E-state index in [9.17, 15) is 13.5 Å². The number of hydrogen-bond donors (Lipinski definition) is 3. The smallest absolute Gasteiger partial charge is 0.238 e. The van der Waals surface area contributed by atoms with Crippen LogP contribution in [0, 0.1) is 5.92 Å². The molecule has 0 aliphatic carbocycles. The zero-order valence-corrected chi connectivity index (χ0v) is 17.6. The van der Waals surface area contributed by atoms with Crippen molar-refractivity contribution in [2.75, 3.05) is 12.4 Å². The number of nitrogens with two attached hydrogens (primary N) is 1. The molecular formula is C23H24N2O4S. The van der Waals surface area contributed by atoms with Crippen LogP contribution in [0.4, 0.5) is 5.69 Å². The van der Waals surface area contributed by atoms with E-state index in [1.165, 1.54) is 13.2 Å². The number of phenols is 1. The molecule has 1 aliphatic rings. The topological polar surface area (TPSA) is 102 Å². The van der Waals surface area contributed by atoms with Crippen molar-refractivity contribution in [3.63, 3.8) is 0 Å². The van der Waals surface area contributed by atoms with Crippen molar-refractivity contribution < 1.29 is 18.3 Å². The summed E-state index contributed by atoms with van der Waals surface area (Å²) in [5.74, 6) is 0.368. The quantitative estimate of drug-likeness (QED) is 0.588. The predicted octanol–water partition coefficient (Wildman–Crippen LogP) is 3.98. The lowest BCUT2D eigenvalue weighted by molar-refractivity contribution is 0.370. The van der Waals surface area contributed by atoms with E-state index in [-0.39, 0.29) is 28.5 Å². The highest BCUT2D eigenvalue weighted by molar-refractivity contribution is 7.89. The molecule has 0 saturated heterocycles. The van der Waals surface area contributed by atoms with Gasteiger partial charge in [-0.3, -0.25) is 0 Å². The summed E-state index contributed by atoms with van der Waals surface area (Å²) in [5, 5.41) is 19.0. The Morgan fingerprint density at radius 2 is 1.73 bits per heavy atom. The van der Waals surface area contributed by atoms with Gasteiger partial charge in [-0.15, -0.1) is 0 Å². The summed E-state index contributed by atoms with van der Waals surface area (Å²) in [6, 6.07) is 20.3. The minimum atomic E-state index is -3.84. The van der Waals surface area contributed by atoms with Gasteiger partial charge in [-0.05, 0) is 52.9 Å². The molecule has 0 fully saturated rings. The number of nitrogens with one attached hydrogen (secondary N) is 1. The number of rotatable bonds is 4. The highest BCUT2D eigenvalue weighted by atomic mass is 32.2. The van der Waals surface area contributed by atoms with Gasteiger partial charge < -0.3 is 15.2 Å². The first kappa shape index (κ1) is 20.3. The van der Waals surface area contributed by atoms with Crippen LogP contribution in [0.5, 0.6) is 11.5 Å². The summed E-state index contributed by atoms with van der Waals surface area (Å²) in [4.78, 5) is 0.0733. The van der Waals surface area contributed by atoms with Crippen molar-refractivity contribution in [3.8, 4) is 11.5 Å². The highest BCUT2D eigenvalue weighted by Gasteiger charge is 2.36. The molecule has 156 valence electrons. The van der Waals surface area contributed by atoms with E-state index in [1.807, 2.05) is 24.3 Å². The molecule has 6 nitrogen and oxygen atoms in total. The summed E-state index contributed by atoms with van der Waals surface area (Å²) in [6.07, 6.45) is 0. The first-order valence-electron chi connectivity index (χ1n) is 9.64. The number of phenolic OH excluding ortho intramolecular Hbond substituents is 1. The molecule has 1 aliphatic heterocycles. The second-order valence-corrected chi connectivity index (χ2v) is 9.16. The van der Waals surface area contributed by atoms with Crippen LogP contribution in [0.15, 0.2) is 71.6 Å². The van der Waals surface area contributed by atoms with E-state index >= 15 is 0 Å². The lowest BCUT2D eigenvalue weighted by Crippen LogP contribution is -2.31. The maximum atomic E-state index is 12.0. The zero-order chi connectivity index (χ0) is 21.5. The van der Waals surface area contributed by atoms with Crippen LogP contribution >= 0.6 is 0 Å². The second-order valence-electron chi connectivity index (χ2n) is 7.59. The van der Waals surface area contributed by atoms with Gasteiger partial charge >= 0.3 is 0 Å². The van der Waals surface area contributed by atoms with Crippen LogP contribution in [0.1, 0.15) is 35.6 Å². The lowest BCUT2D eigenvalue weighted by Gasteiger charge is -2.40. The average Bonchev–Trinajstić information content (AvgIpc) is 2.73. The van der Waals surface area contributed by atoms with Crippen molar-refractivity contribution in [2.24, 2.45) is 11.1 Å². The molecule has 3 atom stereocenters. The summed E-state index contributed by atoms with van der Waals surface area (Å²) in [6.45, 7) is 2.13. The van der Waals surface area contributed by atoms with E-state index in [1.54, 1.807) is 24.3 Å². The molecule has 0 bridgehead atoms. The minimum Gasteiger partial charge on any atom is -0.504 e. The maximum Gasteiger partial charge on any atom is 0.238 e. The van der Waals surface area contributed by atoms with Crippen LogP contribution in [0.25, 0.3) is 0 Å². The van der Waals surface area contributed by atoms with Gasteiger partial charge in [0.25, 0.3) is 0 Å². The number of sulfonamides is 1. The first-order valence-corrected chi connectivity index (χ1v) is 11.2. The summed E-state index contributed by atoms with van der Waals surface area (Å²) in [7, 11) is -2.33. The molecule has 0 spiro atoms. The van der Waals surface area contributed by atoms with Crippen molar-refractivity contribution in [1.82, 2.24) is 0 Å². The first-order chi connectivity index (χ1) is 14.3. The molecule has 3 aromatic carbocycles. The molecule has 0 aromatic heterocycles. The van der Waals surface area contributed by atoms with Gasteiger partial charge in [-0.1, -0.05) is 43.3 Å². The Hall–Kier alpha value is -3.03. The Bertz CT molecular complexity index is 1180. The maximum absolute atomic E-state index is 12.0. The van der Waals surface area contributed by atoms with Gasteiger partial charge in [0.05, 0.1) is 18.0 Å². The Morgan fingerprint density at radius 3 is 2.40 bits per heavy atom. The van der Waals surface area contributed by atoms with Crippen molar-refractivity contribution in [1.29, 1.82) is 0 Å². The van der Waals surface area contributed by atoms with Gasteiger partial charge in [0.15, 0.2) is 11.5 Å². The number of hydrogen-bond acceptors (Lipinski definition) is 5. The van der Waals surface area contributed by atoms with E-state index in [2.05, 4.69) is 24.4 Å². The third kappa shape index (κ3) is 3.62. The third-order valence-electron chi connectivity index (χ3n) is 5.77. The minimum absolute atomic E-state index is 0.0174. The van der Waals surface area contributed by atoms with Crippen LogP contribution in [-0.4, -0.2) is 20.6 Å². The van der Waals surface area contributed by atoms with Crippen molar-refractivity contribution >= 4 is 15.7 Å². The molecule has 1 heterocycles. The molecule has 0 radical (unpaired) electrons. The number of primary sulfonamides is 1. The highest BCUT2D eigenvalue weighted by Crippen LogP contribution is 2.49. The normalized spacial score (nSPS) is 20.8. The molecule has 0 amide bonds. The number of ether oxygens (including phenoxy) is 1. The summed E-state index contributed by atoms with van der Waals surface area (Å²) >= 11 is 0. The molecule has 7 heteroatoms. The van der Waals surface area contributed by atoms with Crippen LogP contribution in [0.2, 0.25) is 0 Å². The van der Waals surface area contributed by atoms with E-state index in [0.717, 1.165) is 22.4 Å². The fraction of sp³-hybridized carbons (Fsp3) is 0.217. The molecule has 30 heavy (non-hydrogen) atoms. The third-order valence-corrected chi connectivity index (χ3v) is 6.68. The lowest BCUT2D eigenvalue weighted by atomic mass is 9.73. The van der Waals surface area contributed by atoms with Gasteiger partial charge in [-0.2, -0.15) is 0 Å². The Balaban J connectivity index is 1.91. The van der Waals surface area contributed by atoms with Gasteiger partial charge in [-0.25, -0.2) is 13.6 Å². The number of benzene rings is 3. The standard InChI is InChI=1S/C23H24N2O4S/c1-14-22(16-8-11-20(26)21(12-16)29-2)18-13-17(30(24,27)28)9-10-19(18)25-23(14)15-6-4-3-5-7-15/h3-14,22-23,25-26H,1-2H3,(H2,24,27,28)/t14-,22+,23-/m0/s1. The Labute approximate surface area is 176 Å². The number of anilines is 1. The van der Waals surface area contributed by atoms with E-state index in [0.29, 0.717) is 5.75 Å². The van der Waals surface area contributed by atoms with Crippen molar-refractivity contribution in [2.45, 2.75) is 23.8 Å². The Kier molecular flexibility index (Phi) is 5.17. The summed E-state index contributed by atoms with van der Waals surface area (Å²) < 4.78 is 29.3. The largest absolute Gasteiger partial charge is 0.504 e. The SMILES string of the molecule is COc1cc([C@@H]2c3cc(S(N)(=O)=O)ccc3N[C@H](c3ccccc3)[C@H]2C)ccc1O. The van der Waals surface area contributed by atoms with Crippen LogP contribution < -0.4 is 15.2 Å². The average molecular weight is 425 g/mol. The second kappa shape index (κ2) is 7.66. The molecular weight excluding hydrogens is 400 g/mol. The molecule has 0 saturated carbocycles. The number of fused-ring (bicyclic) bond motifs is 1. The van der Waals surface area contributed by atoms with Crippen molar-refractivity contribution in [3.05, 3.63) is 83.4 Å². The van der Waals surface area contributed by atoms with E-state index < -0.39 is 10.0 Å². The summed E-state index contributed by atoms with van der Waals surface area (Å²) in [5.41, 5.74) is 3.76. The molecule has 0 unspecified atom stereocenters. The number of aromatic hydroxyl groups is 1. The van der Waals surface area contributed by atoms with Crippen LogP contribution in [-0.2, 0) is 10.0 Å². The van der Waals surface area contributed by atoms with Gasteiger partial charge in [0.2, 0.25) is 10.0 Å². The van der Waals surface area contributed by atoms with E-state index in [4.69, 9.17) is 9.88 Å². The van der Waals surface area contributed by atoms with Gasteiger partial charge in [0, 0.05) is 11.6 Å². The van der Waals surface area contributed by atoms with Crippen LogP contribution in [0.3, 0.4) is 0 Å². The fourth-order valence-electron chi connectivity index (χ4n) is 4.30. The molecule has 3 aromatic rings.